The second-order valence-corrected chi connectivity index (χ2v) is 5.52. The zero-order valence-electron chi connectivity index (χ0n) is 11.4. The molecule has 0 saturated carbocycles. The Kier molecular flexibility index (Phi) is 5.47. The number of benzene rings is 2. The zero-order valence-corrected chi connectivity index (χ0v) is 13.0. The van der Waals surface area contributed by atoms with E-state index in [1.807, 2.05) is 24.3 Å². The van der Waals surface area contributed by atoms with Crippen LogP contribution < -0.4 is 11.1 Å². The summed E-state index contributed by atoms with van der Waals surface area (Å²) < 4.78 is 13.9. The maximum absolute atomic E-state index is 13.2. The van der Waals surface area contributed by atoms with E-state index in [1.165, 1.54) is 12.1 Å². The Morgan fingerprint density at radius 1 is 1.14 bits per heavy atom. The molecule has 0 radical (unpaired) electrons. The molecular formula is C16H16BrFN2O. The van der Waals surface area contributed by atoms with E-state index in [0.717, 1.165) is 15.6 Å². The number of halogens is 2. The summed E-state index contributed by atoms with van der Waals surface area (Å²) >= 11 is 3.34. The smallest absolute Gasteiger partial charge is 0.224 e. The van der Waals surface area contributed by atoms with Gasteiger partial charge in [0.05, 0.1) is 6.42 Å². The van der Waals surface area contributed by atoms with Gasteiger partial charge in [-0.1, -0.05) is 40.2 Å². The van der Waals surface area contributed by atoms with Gasteiger partial charge >= 0.3 is 0 Å². The fourth-order valence-electron chi connectivity index (χ4n) is 2.04. The average molecular weight is 351 g/mol. The highest BCUT2D eigenvalue weighted by Crippen LogP contribution is 2.17. The van der Waals surface area contributed by atoms with Gasteiger partial charge in [0, 0.05) is 17.6 Å². The fraction of sp³-hybridized carbons (Fsp3) is 0.188. The number of nitrogens with two attached hydrogens (primary N) is 1. The van der Waals surface area contributed by atoms with E-state index < -0.39 is 0 Å². The molecule has 0 bridgehead atoms. The standard InChI is InChI=1S/C16H16BrFN2O/c17-15-6-5-14(18)7-13(15)10-20-16(21)8-11-3-1-2-4-12(11)9-19/h1-7H,8-10,19H2,(H,20,21). The van der Waals surface area contributed by atoms with Crippen molar-refractivity contribution in [1.29, 1.82) is 0 Å². The second-order valence-electron chi connectivity index (χ2n) is 4.66. The minimum Gasteiger partial charge on any atom is -0.352 e. The second kappa shape index (κ2) is 7.33. The van der Waals surface area contributed by atoms with E-state index in [1.54, 1.807) is 6.07 Å². The summed E-state index contributed by atoms with van der Waals surface area (Å²) in [7, 11) is 0. The summed E-state index contributed by atoms with van der Waals surface area (Å²) in [5.41, 5.74) is 8.22. The molecule has 2 rings (SSSR count). The van der Waals surface area contributed by atoms with Crippen molar-refractivity contribution in [2.45, 2.75) is 19.5 Å². The lowest BCUT2D eigenvalue weighted by atomic mass is 10.0. The molecule has 1 amide bonds. The molecule has 0 aromatic heterocycles. The van der Waals surface area contributed by atoms with Gasteiger partial charge in [-0.25, -0.2) is 4.39 Å². The predicted octanol–water partition coefficient (Wildman–Crippen LogP) is 2.91. The summed E-state index contributed by atoms with van der Waals surface area (Å²) in [5.74, 6) is -0.442. The van der Waals surface area contributed by atoms with Crippen molar-refractivity contribution < 1.29 is 9.18 Å². The summed E-state index contributed by atoms with van der Waals surface area (Å²) in [6, 6.07) is 12.0. The van der Waals surface area contributed by atoms with Gasteiger partial charge in [0.1, 0.15) is 5.82 Å². The van der Waals surface area contributed by atoms with Crippen molar-refractivity contribution in [3.63, 3.8) is 0 Å². The van der Waals surface area contributed by atoms with Gasteiger partial charge in [-0.2, -0.15) is 0 Å². The zero-order chi connectivity index (χ0) is 15.2. The van der Waals surface area contributed by atoms with Crippen LogP contribution in [0.1, 0.15) is 16.7 Å². The van der Waals surface area contributed by atoms with Crippen molar-refractivity contribution in [2.24, 2.45) is 5.73 Å². The van der Waals surface area contributed by atoms with E-state index in [0.29, 0.717) is 12.1 Å². The van der Waals surface area contributed by atoms with Crippen LogP contribution in [0.2, 0.25) is 0 Å². The minimum absolute atomic E-state index is 0.118. The average Bonchev–Trinajstić information content (AvgIpc) is 2.49. The molecule has 0 aliphatic rings. The number of carbonyl (C=O) groups excluding carboxylic acids is 1. The molecule has 3 nitrogen and oxygen atoms in total. The number of nitrogens with one attached hydrogen (secondary N) is 1. The third-order valence-corrected chi connectivity index (χ3v) is 3.95. The fourth-order valence-corrected chi connectivity index (χ4v) is 2.42. The summed E-state index contributed by atoms with van der Waals surface area (Å²) in [4.78, 5) is 12.0. The molecule has 110 valence electrons. The van der Waals surface area contributed by atoms with Crippen LogP contribution in [0, 0.1) is 5.82 Å². The van der Waals surface area contributed by atoms with Crippen LogP contribution in [0.5, 0.6) is 0 Å². The van der Waals surface area contributed by atoms with Gasteiger partial charge in [-0.05, 0) is 34.9 Å². The lowest BCUT2D eigenvalue weighted by Gasteiger charge is -2.09. The SMILES string of the molecule is NCc1ccccc1CC(=O)NCc1cc(F)ccc1Br. The summed E-state index contributed by atoms with van der Waals surface area (Å²) in [6.45, 7) is 0.681. The van der Waals surface area contributed by atoms with E-state index >= 15 is 0 Å². The summed E-state index contributed by atoms with van der Waals surface area (Å²) in [5, 5.41) is 2.79. The number of hydrogen-bond acceptors (Lipinski definition) is 2. The topological polar surface area (TPSA) is 55.1 Å². The first-order chi connectivity index (χ1) is 10.1. The van der Waals surface area contributed by atoms with Crippen LogP contribution in [-0.2, 0) is 24.3 Å². The number of hydrogen-bond donors (Lipinski definition) is 2. The third-order valence-electron chi connectivity index (χ3n) is 3.17. The van der Waals surface area contributed by atoms with Crippen LogP contribution in [0.4, 0.5) is 4.39 Å². The van der Waals surface area contributed by atoms with Gasteiger partial charge in [-0.3, -0.25) is 4.79 Å². The Morgan fingerprint density at radius 3 is 2.57 bits per heavy atom. The van der Waals surface area contributed by atoms with Gasteiger partial charge < -0.3 is 11.1 Å². The van der Waals surface area contributed by atoms with Crippen LogP contribution in [0.3, 0.4) is 0 Å². The molecular weight excluding hydrogens is 335 g/mol. The number of amides is 1. The Hall–Kier alpha value is -1.72. The van der Waals surface area contributed by atoms with Crippen molar-refractivity contribution in [1.82, 2.24) is 5.32 Å². The molecule has 0 atom stereocenters. The highest BCUT2D eigenvalue weighted by Gasteiger charge is 2.08. The quantitative estimate of drug-likeness (QED) is 0.870. The first kappa shape index (κ1) is 15.7. The molecule has 0 spiro atoms. The van der Waals surface area contributed by atoms with Gasteiger partial charge in [0.2, 0.25) is 5.91 Å². The lowest BCUT2D eigenvalue weighted by Crippen LogP contribution is -2.25. The Balaban J connectivity index is 1.97. The van der Waals surface area contributed by atoms with Gasteiger partial charge in [0.15, 0.2) is 0 Å². The maximum Gasteiger partial charge on any atom is 0.224 e. The van der Waals surface area contributed by atoms with Crippen molar-refractivity contribution in [3.8, 4) is 0 Å². The van der Waals surface area contributed by atoms with E-state index in [-0.39, 0.29) is 24.7 Å². The molecule has 0 fully saturated rings. The maximum atomic E-state index is 13.2. The van der Waals surface area contributed by atoms with Crippen molar-refractivity contribution in [2.75, 3.05) is 0 Å². The lowest BCUT2D eigenvalue weighted by molar-refractivity contribution is -0.120. The first-order valence-corrected chi connectivity index (χ1v) is 7.37. The van der Waals surface area contributed by atoms with Crippen molar-refractivity contribution in [3.05, 3.63) is 69.4 Å². The monoisotopic (exact) mass is 350 g/mol. The Bertz CT molecular complexity index is 646. The molecule has 0 unspecified atom stereocenters. The van der Waals surface area contributed by atoms with Gasteiger partial charge in [-0.15, -0.1) is 0 Å². The predicted molar refractivity (Wildman–Crippen MR) is 84.0 cm³/mol. The van der Waals surface area contributed by atoms with Crippen LogP contribution in [0.25, 0.3) is 0 Å². The highest BCUT2D eigenvalue weighted by atomic mass is 79.9. The molecule has 5 heteroatoms. The van der Waals surface area contributed by atoms with Gasteiger partial charge in [0.25, 0.3) is 0 Å². The number of carbonyl (C=O) groups is 1. The highest BCUT2D eigenvalue weighted by molar-refractivity contribution is 9.10. The largest absolute Gasteiger partial charge is 0.352 e. The summed E-state index contributed by atoms with van der Waals surface area (Å²) in [6.07, 6.45) is 0.264. The number of rotatable bonds is 5. The minimum atomic E-state index is -0.323. The molecule has 21 heavy (non-hydrogen) atoms. The molecule has 2 aromatic carbocycles. The molecule has 0 heterocycles. The van der Waals surface area contributed by atoms with Crippen molar-refractivity contribution >= 4 is 21.8 Å². The third kappa shape index (κ3) is 4.37. The molecule has 2 aromatic rings. The Labute approximate surface area is 131 Å². The van der Waals surface area contributed by atoms with Crippen LogP contribution in [0.15, 0.2) is 46.9 Å². The normalized spacial score (nSPS) is 10.4. The first-order valence-electron chi connectivity index (χ1n) is 6.57. The molecule has 3 N–H and O–H groups in total. The molecule has 0 aliphatic heterocycles. The molecule has 0 aliphatic carbocycles. The van der Waals surface area contributed by atoms with Crippen LogP contribution in [-0.4, -0.2) is 5.91 Å². The molecule has 0 saturated heterocycles. The van der Waals surface area contributed by atoms with E-state index in [2.05, 4.69) is 21.2 Å². The van der Waals surface area contributed by atoms with Crippen LogP contribution >= 0.6 is 15.9 Å². The Morgan fingerprint density at radius 2 is 1.86 bits per heavy atom. The van der Waals surface area contributed by atoms with E-state index in [4.69, 9.17) is 5.73 Å². The van der Waals surface area contributed by atoms with E-state index in [9.17, 15) is 9.18 Å².